The maximum atomic E-state index is 5.94. The topological polar surface area (TPSA) is 9.23 Å². The summed E-state index contributed by atoms with van der Waals surface area (Å²) in [6.07, 6.45) is 1.95. The summed E-state index contributed by atoms with van der Waals surface area (Å²) in [5, 5.41) is 1.47. The Morgan fingerprint density at radius 2 is 1.93 bits per heavy atom. The van der Waals surface area contributed by atoms with Crippen molar-refractivity contribution in [1.82, 2.24) is 0 Å². The smallest absolute Gasteiger partial charge is 0.139 e. The van der Waals surface area contributed by atoms with Crippen LogP contribution in [-0.4, -0.2) is 11.5 Å². The molecule has 1 aliphatic carbocycles. The van der Waals surface area contributed by atoms with Crippen LogP contribution in [0.1, 0.15) is 12.8 Å². The largest absolute Gasteiger partial charge is 0.489 e. The molecular weight excluding hydrogens is 242 g/mol. The molecule has 0 aromatic heterocycles. The van der Waals surface area contributed by atoms with Crippen LogP contribution in [0.5, 0.6) is 5.75 Å². The third kappa shape index (κ3) is 2.28. The fourth-order valence-corrected chi connectivity index (χ4v) is 2.07. The van der Waals surface area contributed by atoms with Gasteiger partial charge in [0, 0.05) is 29.3 Å². The second kappa shape index (κ2) is 4.18. The van der Waals surface area contributed by atoms with E-state index in [1.54, 1.807) is 18.2 Å². The van der Waals surface area contributed by atoms with Gasteiger partial charge in [0.15, 0.2) is 0 Å². The summed E-state index contributed by atoms with van der Waals surface area (Å²) in [6.45, 7) is 0. The van der Waals surface area contributed by atoms with Gasteiger partial charge in [0.05, 0.1) is 5.02 Å². The second-order valence-corrected chi connectivity index (χ2v) is 4.84. The van der Waals surface area contributed by atoms with Crippen LogP contribution in [-0.2, 0) is 0 Å². The Hall–Kier alpha value is -0.110. The standard InChI is InChI=1S/C10H9Cl3O/c11-6-1-2-9(13)10(5-6)14-8-3-7(12)4-8/h1-2,5,7-8H,3-4H2. The molecule has 2 rings (SSSR count). The van der Waals surface area contributed by atoms with E-state index in [2.05, 4.69) is 0 Å². The van der Waals surface area contributed by atoms with E-state index < -0.39 is 0 Å². The summed E-state index contributed by atoms with van der Waals surface area (Å²) < 4.78 is 5.63. The molecule has 4 heteroatoms. The first-order valence-corrected chi connectivity index (χ1v) is 5.60. The number of alkyl halides is 1. The van der Waals surface area contributed by atoms with Gasteiger partial charge in [-0.2, -0.15) is 0 Å². The summed E-state index contributed by atoms with van der Waals surface area (Å²) in [5.74, 6) is 0.646. The molecule has 0 atom stereocenters. The first-order valence-electron chi connectivity index (χ1n) is 4.41. The Morgan fingerprint density at radius 3 is 2.57 bits per heavy atom. The van der Waals surface area contributed by atoms with Crippen molar-refractivity contribution in [2.75, 3.05) is 0 Å². The second-order valence-electron chi connectivity index (χ2n) is 3.38. The quantitative estimate of drug-likeness (QED) is 0.718. The molecule has 1 aliphatic rings. The Labute approximate surface area is 97.9 Å². The molecule has 0 bridgehead atoms. The van der Waals surface area contributed by atoms with Crippen molar-refractivity contribution >= 4 is 34.8 Å². The highest BCUT2D eigenvalue weighted by molar-refractivity contribution is 6.34. The number of hydrogen-bond donors (Lipinski definition) is 0. The average Bonchev–Trinajstić information content (AvgIpc) is 2.09. The van der Waals surface area contributed by atoms with Gasteiger partial charge in [-0.05, 0) is 12.1 Å². The first-order chi connectivity index (χ1) is 6.65. The van der Waals surface area contributed by atoms with E-state index in [1.165, 1.54) is 0 Å². The monoisotopic (exact) mass is 250 g/mol. The van der Waals surface area contributed by atoms with Crippen molar-refractivity contribution in [3.8, 4) is 5.75 Å². The van der Waals surface area contributed by atoms with Crippen LogP contribution in [0.15, 0.2) is 18.2 Å². The molecule has 1 fully saturated rings. The molecule has 0 amide bonds. The van der Waals surface area contributed by atoms with Crippen molar-refractivity contribution in [3.63, 3.8) is 0 Å². The Kier molecular flexibility index (Phi) is 3.10. The third-order valence-electron chi connectivity index (χ3n) is 2.22. The maximum Gasteiger partial charge on any atom is 0.139 e. The lowest BCUT2D eigenvalue weighted by atomic mass is 9.95. The SMILES string of the molecule is Clc1ccc(Cl)c(OC2CC(Cl)C2)c1. The minimum Gasteiger partial charge on any atom is -0.489 e. The summed E-state index contributed by atoms with van der Waals surface area (Å²) in [7, 11) is 0. The van der Waals surface area contributed by atoms with Crippen LogP contribution in [0.3, 0.4) is 0 Å². The van der Waals surface area contributed by atoms with Gasteiger partial charge in [-0.1, -0.05) is 23.2 Å². The summed E-state index contributed by atoms with van der Waals surface area (Å²) >= 11 is 17.6. The van der Waals surface area contributed by atoms with E-state index in [-0.39, 0.29) is 11.5 Å². The van der Waals surface area contributed by atoms with Gasteiger partial charge in [0.25, 0.3) is 0 Å². The molecule has 0 N–H and O–H groups in total. The molecule has 0 aliphatic heterocycles. The van der Waals surface area contributed by atoms with Crippen LogP contribution in [0.25, 0.3) is 0 Å². The lowest BCUT2D eigenvalue weighted by molar-refractivity contribution is 0.124. The van der Waals surface area contributed by atoms with E-state index >= 15 is 0 Å². The van der Waals surface area contributed by atoms with E-state index in [0.717, 1.165) is 12.8 Å². The maximum absolute atomic E-state index is 5.94. The van der Waals surface area contributed by atoms with Crippen molar-refractivity contribution < 1.29 is 4.74 Å². The number of halogens is 3. The van der Waals surface area contributed by atoms with Crippen molar-refractivity contribution in [3.05, 3.63) is 28.2 Å². The van der Waals surface area contributed by atoms with Gasteiger partial charge in [-0.25, -0.2) is 0 Å². The molecular formula is C10H9Cl3O. The first kappa shape index (κ1) is 10.4. The van der Waals surface area contributed by atoms with Gasteiger partial charge in [0.1, 0.15) is 11.9 Å². The Balaban J connectivity index is 2.05. The Morgan fingerprint density at radius 1 is 1.21 bits per heavy atom. The normalized spacial score (nSPS) is 25.6. The number of ether oxygens (including phenoxy) is 1. The molecule has 1 aromatic rings. The number of hydrogen-bond acceptors (Lipinski definition) is 1. The van der Waals surface area contributed by atoms with Gasteiger partial charge in [-0.15, -0.1) is 11.6 Å². The van der Waals surface area contributed by atoms with Gasteiger partial charge in [-0.3, -0.25) is 0 Å². The predicted molar refractivity (Wildman–Crippen MR) is 59.8 cm³/mol. The van der Waals surface area contributed by atoms with Crippen LogP contribution >= 0.6 is 34.8 Å². The summed E-state index contributed by atoms with van der Waals surface area (Å²) in [6, 6.07) is 5.20. The van der Waals surface area contributed by atoms with Gasteiger partial charge >= 0.3 is 0 Å². The van der Waals surface area contributed by atoms with Crippen molar-refractivity contribution in [2.24, 2.45) is 0 Å². The van der Waals surface area contributed by atoms with Gasteiger partial charge < -0.3 is 4.74 Å². The fraction of sp³-hybridized carbons (Fsp3) is 0.400. The zero-order chi connectivity index (χ0) is 10.1. The van der Waals surface area contributed by atoms with E-state index in [4.69, 9.17) is 39.5 Å². The molecule has 76 valence electrons. The van der Waals surface area contributed by atoms with E-state index in [0.29, 0.717) is 15.8 Å². The molecule has 0 unspecified atom stereocenters. The molecule has 0 radical (unpaired) electrons. The lowest BCUT2D eigenvalue weighted by Crippen LogP contribution is -2.34. The Bertz CT molecular complexity index is 334. The van der Waals surface area contributed by atoms with Crippen molar-refractivity contribution in [1.29, 1.82) is 0 Å². The number of benzene rings is 1. The minimum absolute atomic E-state index is 0.188. The molecule has 0 heterocycles. The molecule has 14 heavy (non-hydrogen) atoms. The van der Waals surface area contributed by atoms with Gasteiger partial charge in [0.2, 0.25) is 0 Å². The molecule has 1 nitrogen and oxygen atoms in total. The fourth-order valence-electron chi connectivity index (χ4n) is 1.34. The van der Waals surface area contributed by atoms with Crippen LogP contribution in [0.2, 0.25) is 10.0 Å². The molecule has 0 saturated heterocycles. The van der Waals surface area contributed by atoms with Crippen LogP contribution < -0.4 is 4.74 Å². The predicted octanol–water partition coefficient (Wildman–Crippen LogP) is 4.14. The average molecular weight is 252 g/mol. The molecule has 1 saturated carbocycles. The minimum atomic E-state index is 0.188. The van der Waals surface area contributed by atoms with E-state index in [9.17, 15) is 0 Å². The summed E-state index contributed by atoms with van der Waals surface area (Å²) in [4.78, 5) is 0. The van der Waals surface area contributed by atoms with Crippen LogP contribution in [0, 0.1) is 0 Å². The zero-order valence-corrected chi connectivity index (χ0v) is 9.61. The highest BCUT2D eigenvalue weighted by atomic mass is 35.5. The summed E-state index contributed by atoms with van der Waals surface area (Å²) in [5.41, 5.74) is 0. The lowest BCUT2D eigenvalue weighted by Gasteiger charge is -2.31. The van der Waals surface area contributed by atoms with Crippen LogP contribution in [0.4, 0.5) is 0 Å². The van der Waals surface area contributed by atoms with E-state index in [1.807, 2.05) is 0 Å². The van der Waals surface area contributed by atoms with Crippen molar-refractivity contribution in [2.45, 2.75) is 24.3 Å². The third-order valence-corrected chi connectivity index (χ3v) is 3.13. The highest BCUT2D eigenvalue weighted by Gasteiger charge is 2.29. The highest BCUT2D eigenvalue weighted by Crippen LogP contribution is 2.34. The number of rotatable bonds is 2. The molecule has 0 spiro atoms. The molecule has 1 aromatic carbocycles. The zero-order valence-electron chi connectivity index (χ0n) is 7.34.